The lowest BCUT2D eigenvalue weighted by atomic mass is 10.0. The van der Waals surface area contributed by atoms with Crippen LogP contribution in [0.5, 0.6) is 11.5 Å². The number of ether oxygens (including phenoxy) is 2. The van der Waals surface area contributed by atoms with Crippen LogP contribution in [-0.2, 0) is 0 Å². The number of methoxy groups -OCH3 is 2. The van der Waals surface area contributed by atoms with Crippen LogP contribution in [0.15, 0.2) is 61.2 Å². The predicted molar refractivity (Wildman–Crippen MR) is 91.8 cm³/mol. The van der Waals surface area contributed by atoms with E-state index in [9.17, 15) is 0 Å². The van der Waals surface area contributed by atoms with Crippen molar-refractivity contribution >= 4 is 5.69 Å². The summed E-state index contributed by atoms with van der Waals surface area (Å²) in [7, 11) is 3.36. The Bertz CT molecular complexity index is 593. The molecule has 116 valence electrons. The highest BCUT2D eigenvalue weighted by Gasteiger charge is 2.11. The maximum Gasteiger partial charge on any atom is 0.119 e. The van der Waals surface area contributed by atoms with Gasteiger partial charge in [0, 0.05) is 5.69 Å². The summed E-state index contributed by atoms with van der Waals surface area (Å²) in [4.78, 5) is 0. The minimum atomic E-state index is 0.210. The molecule has 2 aromatic rings. The molecular weight excluding hydrogens is 274 g/mol. The van der Waals surface area contributed by atoms with E-state index in [0.717, 1.165) is 30.0 Å². The summed E-state index contributed by atoms with van der Waals surface area (Å²) in [5.41, 5.74) is 2.27. The predicted octanol–water partition coefficient (Wildman–Crippen LogP) is 4.82. The largest absolute Gasteiger partial charge is 0.497 e. The molecule has 0 unspecified atom stereocenters. The quantitative estimate of drug-likeness (QED) is 0.708. The van der Waals surface area contributed by atoms with Gasteiger partial charge in [0.1, 0.15) is 11.5 Å². The van der Waals surface area contributed by atoms with Crippen LogP contribution >= 0.6 is 0 Å². The molecule has 0 spiro atoms. The van der Waals surface area contributed by atoms with E-state index in [1.165, 1.54) is 5.56 Å². The van der Waals surface area contributed by atoms with Gasteiger partial charge in [0.2, 0.25) is 0 Å². The van der Waals surface area contributed by atoms with Gasteiger partial charge in [-0.05, 0) is 54.8 Å². The standard InChI is InChI=1S/C19H23NO2/c1-4-5-9-19(15-7-6-8-18(14-15)22-3)20-16-10-12-17(21-2)13-11-16/h4,6-8,10-14,19-20H,1,5,9H2,2-3H3/t19-/m0/s1. The Balaban J connectivity index is 2.18. The zero-order valence-corrected chi connectivity index (χ0v) is 13.2. The normalized spacial score (nSPS) is 11.5. The van der Waals surface area contributed by atoms with Gasteiger partial charge in [0.05, 0.1) is 20.3 Å². The van der Waals surface area contributed by atoms with Crippen LogP contribution < -0.4 is 14.8 Å². The van der Waals surface area contributed by atoms with E-state index in [-0.39, 0.29) is 6.04 Å². The topological polar surface area (TPSA) is 30.5 Å². The van der Waals surface area contributed by atoms with Gasteiger partial charge in [-0.25, -0.2) is 0 Å². The molecule has 22 heavy (non-hydrogen) atoms. The highest BCUT2D eigenvalue weighted by molar-refractivity contribution is 5.48. The van der Waals surface area contributed by atoms with Gasteiger partial charge >= 0.3 is 0 Å². The van der Waals surface area contributed by atoms with E-state index < -0.39 is 0 Å². The number of anilines is 1. The molecular formula is C19H23NO2. The molecule has 0 saturated carbocycles. The van der Waals surface area contributed by atoms with Crippen molar-refractivity contribution in [2.75, 3.05) is 19.5 Å². The van der Waals surface area contributed by atoms with Crippen LogP contribution in [0.4, 0.5) is 5.69 Å². The first-order chi connectivity index (χ1) is 10.8. The lowest BCUT2D eigenvalue weighted by Crippen LogP contribution is -2.10. The number of rotatable bonds is 8. The van der Waals surface area contributed by atoms with Crippen LogP contribution in [0.3, 0.4) is 0 Å². The molecule has 2 rings (SSSR count). The molecule has 2 aromatic carbocycles. The highest BCUT2D eigenvalue weighted by Crippen LogP contribution is 2.27. The van der Waals surface area contributed by atoms with Gasteiger partial charge < -0.3 is 14.8 Å². The minimum Gasteiger partial charge on any atom is -0.497 e. The second kappa shape index (κ2) is 8.13. The molecule has 0 bridgehead atoms. The first-order valence-corrected chi connectivity index (χ1v) is 7.42. The maximum absolute atomic E-state index is 5.33. The van der Waals surface area contributed by atoms with E-state index >= 15 is 0 Å². The van der Waals surface area contributed by atoms with Crippen molar-refractivity contribution in [2.24, 2.45) is 0 Å². The van der Waals surface area contributed by atoms with Gasteiger partial charge in [0.25, 0.3) is 0 Å². The average molecular weight is 297 g/mol. The SMILES string of the molecule is C=CCC[C@H](Nc1ccc(OC)cc1)c1cccc(OC)c1. The smallest absolute Gasteiger partial charge is 0.119 e. The maximum atomic E-state index is 5.33. The molecule has 3 nitrogen and oxygen atoms in total. The van der Waals surface area contributed by atoms with Crippen molar-refractivity contribution in [1.29, 1.82) is 0 Å². The second-order valence-electron chi connectivity index (χ2n) is 5.07. The van der Waals surface area contributed by atoms with E-state index in [1.54, 1.807) is 14.2 Å². The molecule has 0 amide bonds. The highest BCUT2D eigenvalue weighted by atomic mass is 16.5. The van der Waals surface area contributed by atoms with Crippen LogP contribution in [-0.4, -0.2) is 14.2 Å². The Morgan fingerprint density at radius 3 is 2.41 bits per heavy atom. The summed E-state index contributed by atoms with van der Waals surface area (Å²) >= 11 is 0. The van der Waals surface area contributed by atoms with Crippen LogP contribution in [0.2, 0.25) is 0 Å². The van der Waals surface area contributed by atoms with E-state index in [0.29, 0.717) is 0 Å². The molecule has 3 heteroatoms. The number of hydrogen-bond donors (Lipinski definition) is 1. The fourth-order valence-corrected chi connectivity index (χ4v) is 2.35. The molecule has 0 aliphatic rings. The van der Waals surface area contributed by atoms with Gasteiger partial charge in [-0.1, -0.05) is 18.2 Å². The molecule has 1 atom stereocenters. The van der Waals surface area contributed by atoms with Crippen molar-refractivity contribution in [3.05, 3.63) is 66.7 Å². The summed E-state index contributed by atoms with van der Waals surface area (Å²) in [5, 5.41) is 3.57. The van der Waals surface area contributed by atoms with Crippen LogP contribution in [0, 0.1) is 0 Å². The molecule has 0 aliphatic carbocycles. The number of benzene rings is 2. The van der Waals surface area contributed by atoms with Crippen molar-refractivity contribution in [1.82, 2.24) is 0 Å². The summed E-state index contributed by atoms with van der Waals surface area (Å²) in [6.07, 6.45) is 3.87. The second-order valence-corrected chi connectivity index (χ2v) is 5.07. The number of allylic oxidation sites excluding steroid dienone is 1. The van der Waals surface area contributed by atoms with E-state index in [4.69, 9.17) is 9.47 Å². The third-order valence-electron chi connectivity index (χ3n) is 3.59. The van der Waals surface area contributed by atoms with E-state index in [2.05, 4.69) is 24.0 Å². The Kier molecular flexibility index (Phi) is 5.90. The molecule has 0 radical (unpaired) electrons. The van der Waals surface area contributed by atoms with Gasteiger partial charge in [-0.2, -0.15) is 0 Å². The summed E-state index contributed by atoms with van der Waals surface area (Å²) in [6, 6.07) is 16.3. The first-order valence-electron chi connectivity index (χ1n) is 7.42. The van der Waals surface area contributed by atoms with E-state index in [1.807, 2.05) is 42.5 Å². The van der Waals surface area contributed by atoms with Gasteiger partial charge in [0.15, 0.2) is 0 Å². The number of hydrogen-bond acceptors (Lipinski definition) is 3. The lowest BCUT2D eigenvalue weighted by Gasteiger charge is -2.20. The summed E-state index contributed by atoms with van der Waals surface area (Å²) in [6.45, 7) is 3.82. The van der Waals surface area contributed by atoms with Crippen molar-refractivity contribution in [3.8, 4) is 11.5 Å². The van der Waals surface area contributed by atoms with Crippen LogP contribution in [0.25, 0.3) is 0 Å². The fourth-order valence-electron chi connectivity index (χ4n) is 2.35. The monoisotopic (exact) mass is 297 g/mol. The fraction of sp³-hybridized carbons (Fsp3) is 0.263. The Labute approximate surface area is 132 Å². The average Bonchev–Trinajstić information content (AvgIpc) is 2.59. The van der Waals surface area contributed by atoms with Crippen molar-refractivity contribution in [3.63, 3.8) is 0 Å². The van der Waals surface area contributed by atoms with Crippen molar-refractivity contribution < 1.29 is 9.47 Å². The molecule has 0 aliphatic heterocycles. The zero-order chi connectivity index (χ0) is 15.8. The molecule has 1 N–H and O–H groups in total. The van der Waals surface area contributed by atoms with Gasteiger partial charge in [-0.15, -0.1) is 6.58 Å². The molecule has 0 heterocycles. The Morgan fingerprint density at radius 2 is 1.77 bits per heavy atom. The molecule has 0 fully saturated rings. The molecule has 0 saturated heterocycles. The van der Waals surface area contributed by atoms with Gasteiger partial charge in [-0.3, -0.25) is 0 Å². The lowest BCUT2D eigenvalue weighted by molar-refractivity contribution is 0.414. The first kappa shape index (κ1) is 16.0. The Hall–Kier alpha value is -2.42. The minimum absolute atomic E-state index is 0.210. The zero-order valence-electron chi connectivity index (χ0n) is 13.2. The third-order valence-corrected chi connectivity index (χ3v) is 3.59. The summed E-state index contributed by atoms with van der Waals surface area (Å²) < 4.78 is 10.5. The van der Waals surface area contributed by atoms with Crippen LogP contribution in [0.1, 0.15) is 24.4 Å². The third kappa shape index (κ3) is 4.29. The Morgan fingerprint density at radius 1 is 1.05 bits per heavy atom. The number of nitrogens with one attached hydrogen (secondary N) is 1. The molecule has 0 aromatic heterocycles. The van der Waals surface area contributed by atoms with Crippen molar-refractivity contribution in [2.45, 2.75) is 18.9 Å². The summed E-state index contributed by atoms with van der Waals surface area (Å²) in [5.74, 6) is 1.73.